The van der Waals surface area contributed by atoms with E-state index in [1.807, 2.05) is 46.0 Å². The van der Waals surface area contributed by atoms with Gasteiger partial charge in [0.2, 0.25) is 0 Å². The van der Waals surface area contributed by atoms with E-state index < -0.39 is 0 Å². The molecule has 0 spiro atoms. The number of nitrogens with one attached hydrogen (secondary N) is 2. The molecule has 1 saturated carbocycles. The number of benzene rings is 2. The number of aromatic amines is 1. The number of H-pyrrole nitrogens is 1. The number of hydrogen-bond acceptors (Lipinski definition) is 4. The van der Waals surface area contributed by atoms with Crippen molar-refractivity contribution in [2.75, 3.05) is 13.7 Å². The molecule has 2 aromatic heterocycles. The first-order valence-electron chi connectivity index (χ1n) is 12.5. The Bertz CT molecular complexity index is 1430. The highest BCUT2D eigenvalue weighted by atomic mass is 16.5. The molecule has 2 N–H and O–H groups in total. The molecule has 1 fully saturated rings. The molecule has 0 unspecified atom stereocenters. The number of aryl methyl sites for hydroxylation is 2. The van der Waals surface area contributed by atoms with Crippen LogP contribution in [-0.2, 0) is 25.9 Å². The number of rotatable bonds is 7. The molecule has 4 aromatic rings. The predicted molar refractivity (Wildman–Crippen MR) is 136 cm³/mol. The van der Waals surface area contributed by atoms with Gasteiger partial charge in [0, 0.05) is 53.9 Å². The molecule has 184 valence electrons. The molecule has 36 heavy (non-hydrogen) atoms. The first kappa shape index (κ1) is 22.4. The van der Waals surface area contributed by atoms with Crippen molar-refractivity contribution >= 4 is 22.7 Å². The fourth-order valence-corrected chi connectivity index (χ4v) is 4.96. The van der Waals surface area contributed by atoms with Crippen molar-refractivity contribution in [3.8, 4) is 5.75 Å². The number of para-hydroxylation sites is 1. The number of carbonyl (C=O) groups excluding carboxylic acids is 2. The monoisotopic (exact) mass is 483 g/mol. The number of hydrogen-bond donors (Lipinski definition) is 2. The summed E-state index contributed by atoms with van der Waals surface area (Å²) in [6, 6.07) is 16.1. The number of fused-ring (bicyclic) bond motifs is 2. The highest BCUT2D eigenvalue weighted by Crippen LogP contribution is 2.28. The minimum absolute atomic E-state index is 0.0300. The zero-order valence-electron chi connectivity index (χ0n) is 20.3. The average molecular weight is 484 g/mol. The van der Waals surface area contributed by atoms with Crippen LogP contribution in [0.15, 0.2) is 54.7 Å². The third kappa shape index (κ3) is 4.23. The molecular weight excluding hydrogens is 454 g/mol. The quantitative estimate of drug-likeness (QED) is 0.419. The van der Waals surface area contributed by atoms with Crippen LogP contribution in [0.4, 0.5) is 0 Å². The molecule has 0 atom stereocenters. The van der Waals surface area contributed by atoms with Crippen molar-refractivity contribution in [1.29, 1.82) is 0 Å². The number of amides is 2. The van der Waals surface area contributed by atoms with Gasteiger partial charge in [-0.25, -0.2) is 0 Å². The number of aromatic nitrogens is 3. The van der Waals surface area contributed by atoms with Gasteiger partial charge >= 0.3 is 0 Å². The maximum atomic E-state index is 13.5. The van der Waals surface area contributed by atoms with E-state index in [2.05, 4.69) is 22.4 Å². The number of nitrogens with zero attached hydrogens (tertiary/aromatic N) is 3. The second kappa shape index (κ2) is 9.18. The van der Waals surface area contributed by atoms with Crippen LogP contribution in [-0.4, -0.2) is 51.2 Å². The van der Waals surface area contributed by atoms with E-state index in [0.717, 1.165) is 47.2 Å². The maximum absolute atomic E-state index is 13.5. The summed E-state index contributed by atoms with van der Waals surface area (Å²) in [6.45, 7) is 1.63. The topological polar surface area (TPSA) is 92.2 Å². The number of ether oxygens (including phenoxy) is 1. The van der Waals surface area contributed by atoms with Gasteiger partial charge < -0.3 is 19.9 Å². The Morgan fingerprint density at radius 1 is 1.14 bits per heavy atom. The molecule has 8 nitrogen and oxygen atoms in total. The van der Waals surface area contributed by atoms with Crippen LogP contribution in [0.5, 0.6) is 5.75 Å². The van der Waals surface area contributed by atoms with E-state index in [1.54, 1.807) is 13.3 Å². The zero-order valence-corrected chi connectivity index (χ0v) is 20.3. The van der Waals surface area contributed by atoms with Crippen molar-refractivity contribution in [2.45, 2.75) is 44.8 Å². The first-order chi connectivity index (χ1) is 17.6. The van der Waals surface area contributed by atoms with Crippen molar-refractivity contribution < 1.29 is 14.3 Å². The Hall–Kier alpha value is -4.07. The Balaban J connectivity index is 1.26. The van der Waals surface area contributed by atoms with E-state index in [0.29, 0.717) is 37.3 Å². The van der Waals surface area contributed by atoms with Crippen LogP contribution >= 0.6 is 0 Å². The van der Waals surface area contributed by atoms with E-state index >= 15 is 0 Å². The molecule has 1 aliphatic heterocycles. The summed E-state index contributed by atoms with van der Waals surface area (Å²) < 4.78 is 7.22. The Morgan fingerprint density at radius 3 is 2.72 bits per heavy atom. The molecule has 2 amide bonds. The molecule has 0 radical (unpaired) electrons. The lowest BCUT2D eigenvalue weighted by molar-refractivity contribution is 0.0732. The SMILES string of the molecule is COc1ccc(CCn2nc(C(=O)NC3CC3)c3c2CCN(C(=O)c2c[nH]c4ccccc24)C3)cc1. The van der Waals surface area contributed by atoms with Gasteiger partial charge in [-0.15, -0.1) is 0 Å². The molecule has 8 heteroatoms. The standard InChI is InChI=1S/C28H29N5O3/c1-36-20-10-6-18(7-11-20)12-15-33-25-13-14-32(17-23(25)26(31-33)27(34)30-19-8-9-19)28(35)22-16-29-24-5-3-2-4-21(22)24/h2-7,10-11,16,19,29H,8-9,12-15,17H2,1H3,(H,30,34). The van der Waals surface area contributed by atoms with Crippen LogP contribution in [0.25, 0.3) is 10.9 Å². The molecular formula is C28H29N5O3. The molecule has 1 aliphatic carbocycles. The summed E-state index contributed by atoms with van der Waals surface area (Å²) in [5, 5.41) is 8.75. The lowest BCUT2D eigenvalue weighted by atomic mass is 10.0. The van der Waals surface area contributed by atoms with Crippen molar-refractivity contribution in [1.82, 2.24) is 25.0 Å². The van der Waals surface area contributed by atoms with E-state index in [1.165, 1.54) is 5.56 Å². The number of methoxy groups -OCH3 is 1. The third-order valence-corrected chi connectivity index (χ3v) is 7.14. The average Bonchev–Trinajstić information content (AvgIpc) is 3.50. The summed E-state index contributed by atoms with van der Waals surface area (Å²) in [5.74, 6) is 0.658. The van der Waals surface area contributed by atoms with E-state index in [-0.39, 0.29) is 17.9 Å². The summed E-state index contributed by atoms with van der Waals surface area (Å²) in [6.07, 6.45) is 5.26. The first-order valence-corrected chi connectivity index (χ1v) is 12.5. The maximum Gasteiger partial charge on any atom is 0.272 e. The van der Waals surface area contributed by atoms with Gasteiger partial charge in [0.1, 0.15) is 5.75 Å². The molecule has 0 bridgehead atoms. The van der Waals surface area contributed by atoms with Crippen molar-refractivity contribution in [3.05, 3.63) is 82.8 Å². The van der Waals surface area contributed by atoms with Gasteiger partial charge in [-0.3, -0.25) is 14.3 Å². The van der Waals surface area contributed by atoms with Crippen LogP contribution in [0.3, 0.4) is 0 Å². The molecule has 6 rings (SSSR count). The van der Waals surface area contributed by atoms with Crippen molar-refractivity contribution in [3.63, 3.8) is 0 Å². The summed E-state index contributed by atoms with van der Waals surface area (Å²) >= 11 is 0. The summed E-state index contributed by atoms with van der Waals surface area (Å²) in [5.41, 5.74) is 5.13. The molecule has 0 saturated heterocycles. The molecule has 2 aliphatic rings. The normalized spacial score (nSPS) is 15.1. The highest BCUT2D eigenvalue weighted by molar-refractivity contribution is 6.06. The van der Waals surface area contributed by atoms with E-state index in [4.69, 9.17) is 9.84 Å². The number of carbonyl (C=O) groups is 2. The molecule has 2 aromatic carbocycles. The van der Waals surface area contributed by atoms with Crippen LogP contribution in [0.2, 0.25) is 0 Å². The summed E-state index contributed by atoms with van der Waals surface area (Å²) in [7, 11) is 1.66. The minimum Gasteiger partial charge on any atom is -0.497 e. The van der Waals surface area contributed by atoms with Gasteiger partial charge in [0.25, 0.3) is 11.8 Å². The Kier molecular flexibility index (Phi) is 5.71. The smallest absolute Gasteiger partial charge is 0.272 e. The Morgan fingerprint density at radius 2 is 1.94 bits per heavy atom. The second-order valence-electron chi connectivity index (χ2n) is 9.57. The predicted octanol–water partition coefficient (Wildman–Crippen LogP) is 3.71. The van der Waals surface area contributed by atoms with Crippen LogP contribution < -0.4 is 10.1 Å². The van der Waals surface area contributed by atoms with Crippen LogP contribution in [0, 0.1) is 0 Å². The van der Waals surface area contributed by atoms with Crippen molar-refractivity contribution in [2.24, 2.45) is 0 Å². The largest absolute Gasteiger partial charge is 0.497 e. The fourth-order valence-electron chi connectivity index (χ4n) is 4.96. The van der Waals surface area contributed by atoms with Gasteiger partial charge in [-0.2, -0.15) is 5.10 Å². The lowest BCUT2D eigenvalue weighted by Crippen LogP contribution is -2.37. The second-order valence-corrected chi connectivity index (χ2v) is 9.57. The highest BCUT2D eigenvalue weighted by Gasteiger charge is 2.33. The molecule has 3 heterocycles. The van der Waals surface area contributed by atoms with Gasteiger partial charge in [0.05, 0.1) is 19.2 Å². The van der Waals surface area contributed by atoms with Gasteiger partial charge in [0.15, 0.2) is 5.69 Å². The fraction of sp³-hybridized carbons (Fsp3) is 0.321. The lowest BCUT2D eigenvalue weighted by Gasteiger charge is -2.28. The van der Waals surface area contributed by atoms with Gasteiger partial charge in [-0.05, 0) is 43.0 Å². The zero-order chi connectivity index (χ0) is 24.6. The Labute approximate surface area is 209 Å². The van der Waals surface area contributed by atoms with E-state index in [9.17, 15) is 9.59 Å². The van der Waals surface area contributed by atoms with Gasteiger partial charge in [-0.1, -0.05) is 30.3 Å². The van der Waals surface area contributed by atoms with Crippen LogP contribution in [0.1, 0.15) is 50.5 Å². The third-order valence-electron chi connectivity index (χ3n) is 7.14. The minimum atomic E-state index is -0.140. The summed E-state index contributed by atoms with van der Waals surface area (Å²) in [4.78, 5) is 31.6.